The Labute approximate surface area is 86.8 Å². The summed E-state index contributed by atoms with van der Waals surface area (Å²) in [4.78, 5) is 15.1. The first-order valence-corrected chi connectivity index (χ1v) is 5.65. The largest absolute Gasteiger partial charge is 0.481 e. The fourth-order valence-corrected chi connectivity index (χ4v) is 2.43. The lowest BCUT2D eigenvalue weighted by atomic mass is 10.2. The Morgan fingerprint density at radius 2 is 2.43 bits per heavy atom. The summed E-state index contributed by atoms with van der Waals surface area (Å²) in [6.45, 7) is 4.20. The first-order chi connectivity index (χ1) is 6.59. The van der Waals surface area contributed by atoms with E-state index < -0.39 is 5.97 Å². The number of carboxylic acids is 1. The Bertz CT molecular complexity index is 359. The molecule has 0 spiro atoms. The van der Waals surface area contributed by atoms with Crippen molar-refractivity contribution >= 4 is 17.3 Å². The average molecular weight is 211 g/mol. The zero-order valence-electron chi connectivity index (χ0n) is 8.23. The summed E-state index contributed by atoms with van der Waals surface area (Å²) in [6, 6.07) is 0. The Morgan fingerprint density at radius 3 is 2.86 bits per heavy atom. The number of carboxylic acid groups (broad SMARTS) is 1. The van der Waals surface area contributed by atoms with Crippen LogP contribution in [0.3, 0.4) is 0 Å². The van der Waals surface area contributed by atoms with Crippen molar-refractivity contribution in [1.82, 2.24) is 4.98 Å². The van der Waals surface area contributed by atoms with Crippen LogP contribution in [0.5, 0.6) is 0 Å². The van der Waals surface area contributed by atoms with Gasteiger partial charge in [-0.15, -0.1) is 11.3 Å². The van der Waals surface area contributed by atoms with Crippen LogP contribution in [0.4, 0.5) is 0 Å². The van der Waals surface area contributed by atoms with E-state index in [2.05, 4.69) is 18.8 Å². The van der Waals surface area contributed by atoms with Gasteiger partial charge in [0.05, 0.1) is 16.6 Å². The first kappa shape index (κ1) is 9.65. The molecule has 1 aromatic heterocycles. The van der Waals surface area contributed by atoms with Crippen LogP contribution < -0.4 is 0 Å². The van der Waals surface area contributed by atoms with Crippen molar-refractivity contribution in [3.63, 3.8) is 0 Å². The van der Waals surface area contributed by atoms with Gasteiger partial charge in [0.25, 0.3) is 0 Å². The van der Waals surface area contributed by atoms with Gasteiger partial charge in [-0.2, -0.15) is 0 Å². The fraction of sp³-hybridized carbons (Fsp3) is 0.600. The third-order valence-electron chi connectivity index (χ3n) is 2.52. The number of rotatable bonds is 3. The molecular weight excluding hydrogens is 198 g/mol. The molecular formula is C10H13NO2S. The van der Waals surface area contributed by atoms with Crippen LogP contribution in [-0.2, 0) is 4.79 Å². The maximum absolute atomic E-state index is 10.7. The molecule has 0 radical (unpaired) electrons. The Hall–Kier alpha value is -0.900. The Morgan fingerprint density at radius 1 is 1.71 bits per heavy atom. The highest BCUT2D eigenvalue weighted by molar-refractivity contribution is 7.09. The van der Waals surface area contributed by atoms with Gasteiger partial charge >= 0.3 is 5.97 Å². The smallest absolute Gasteiger partial charge is 0.307 e. The molecule has 1 aliphatic carbocycles. The van der Waals surface area contributed by atoms with Gasteiger partial charge in [-0.3, -0.25) is 4.79 Å². The molecule has 2 unspecified atom stereocenters. The van der Waals surface area contributed by atoms with Crippen LogP contribution in [0.1, 0.15) is 42.8 Å². The molecule has 2 atom stereocenters. The second-order valence-electron chi connectivity index (χ2n) is 4.05. The van der Waals surface area contributed by atoms with Crippen molar-refractivity contribution in [2.45, 2.75) is 32.1 Å². The van der Waals surface area contributed by atoms with Gasteiger partial charge in [-0.25, -0.2) is 4.98 Å². The van der Waals surface area contributed by atoms with Crippen molar-refractivity contribution in [1.29, 1.82) is 0 Å². The minimum Gasteiger partial charge on any atom is -0.481 e. The van der Waals surface area contributed by atoms with E-state index >= 15 is 0 Å². The van der Waals surface area contributed by atoms with E-state index in [-0.39, 0.29) is 11.8 Å². The van der Waals surface area contributed by atoms with Gasteiger partial charge in [-0.1, -0.05) is 13.8 Å². The summed E-state index contributed by atoms with van der Waals surface area (Å²) in [5.74, 6) is -0.252. The maximum Gasteiger partial charge on any atom is 0.307 e. The Kier molecular flexibility index (Phi) is 2.31. The van der Waals surface area contributed by atoms with Gasteiger partial charge in [0, 0.05) is 17.2 Å². The molecule has 1 aromatic rings. The molecule has 1 N–H and O–H groups in total. The lowest BCUT2D eigenvalue weighted by Crippen LogP contribution is -1.99. The third kappa shape index (κ3) is 1.66. The molecule has 14 heavy (non-hydrogen) atoms. The second kappa shape index (κ2) is 3.35. The lowest BCUT2D eigenvalue weighted by Gasteiger charge is -1.96. The van der Waals surface area contributed by atoms with Crippen molar-refractivity contribution in [3.8, 4) is 0 Å². The molecule has 0 amide bonds. The number of hydrogen-bond donors (Lipinski definition) is 1. The minimum atomic E-state index is -0.686. The van der Waals surface area contributed by atoms with Crippen molar-refractivity contribution in [3.05, 3.63) is 16.1 Å². The SMILES string of the molecule is CC(C)c1nc(C2CC2C(=O)O)cs1. The predicted octanol–water partition coefficient (Wildman–Crippen LogP) is 2.45. The summed E-state index contributed by atoms with van der Waals surface area (Å²) >= 11 is 1.64. The van der Waals surface area contributed by atoms with E-state index in [0.29, 0.717) is 5.92 Å². The molecule has 4 heteroatoms. The number of thiazole rings is 1. The van der Waals surface area contributed by atoms with Crippen LogP contribution in [0.15, 0.2) is 5.38 Å². The van der Waals surface area contributed by atoms with Crippen LogP contribution >= 0.6 is 11.3 Å². The quantitative estimate of drug-likeness (QED) is 0.835. The van der Waals surface area contributed by atoms with Crippen LogP contribution in [0, 0.1) is 5.92 Å². The molecule has 1 saturated carbocycles. The topological polar surface area (TPSA) is 50.2 Å². The van der Waals surface area contributed by atoms with Gasteiger partial charge in [0.15, 0.2) is 0 Å². The van der Waals surface area contributed by atoms with Gasteiger partial charge < -0.3 is 5.11 Å². The van der Waals surface area contributed by atoms with Gasteiger partial charge in [0.2, 0.25) is 0 Å². The fourth-order valence-electron chi connectivity index (χ4n) is 1.53. The van der Waals surface area contributed by atoms with Crippen molar-refractivity contribution < 1.29 is 9.90 Å². The number of carbonyl (C=O) groups is 1. The number of nitrogens with zero attached hydrogens (tertiary/aromatic N) is 1. The lowest BCUT2D eigenvalue weighted by molar-refractivity contribution is -0.138. The molecule has 3 nitrogen and oxygen atoms in total. The molecule has 76 valence electrons. The monoisotopic (exact) mass is 211 g/mol. The zero-order valence-corrected chi connectivity index (χ0v) is 9.04. The van der Waals surface area contributed by atoms with Crippen LogP contribution in [-0.4, -0.2) is 16.1 Å². The summed E-state index contributed by atoms with van der Waals surface area (Å²) in [5, 5.41) is 11.9. The van der Waals surface area contributed by atoms with Crippen molar-refractivity contribution in [2.75, 3.05) is 0 Å². The van der Waals surface area contributed by atoms with E-state index in [9.17, 15) is 4.79 Å². The molecule has 1 aliphatic rings. The van der Waals surface area contributed by atoms with Crippen molar-refractivity contribution in [2.24, 2.45) is 5.92 Å². The zero-order chi connectivity index (χ0) is 10.3. The highest BCUT2D eigenvalue weighted by atomic mass is 32.1. The molecule has 1 heterocycles. The molecule has 2 rings (SSSR count). The number of aromatic nitrogens is 1. The second-order valence-corrected chi connectivity index (χ2v) is 4.94. The van der Waals surface area contributed by atoms with E-state index in [0.717, 1.165) is 17.1 Å². The molecule has 1 fully saturated rings. The molecule has 0 aromatic carbocycles. The first-order valence-electron chi connectivity index (χ1n) is 4.77. The van der Waals surface area contributed by atoms with E-state index in [1.165, 1.54) is 0 Å². The van der Waals surface area contributed by atoms with Crippen LogP contribution in [0.25, 0.3) is 0 Å². The van der Waals surface area contributed by atoms with E-state index in [1.807, 2.05) is 5.38 Å². The predicted molar refractivity (Wildman–Crippen MR) is 54.7 cm³/mol. The summed E-state index contributed by atoms with van der Waals surface area (Å²) in [7, 11) is 0. The molecule has 0 aliphatic heterocycles. The van der Waals surface area contributed by atoms with Crippen LogP contribution in [0.2, 0.25) is 0 Å². The number of aliphatic carboxylic acids is 1. The highest BCUT2D eigenvalue weighted by Crippen LogP contribution is 2.47. The van der Waals surface area contributed by atoms with Gasteiger partial charge in [0.1, 0.15) is 0 Å². The number of hydrogen-bond acceptors (Lipinski definition) is 3. The summed E-state index contributed by atoms with van der Waals surface area (Å²) in [6.07, 6.45) is 0.761. The molecule has 0 saturated heterocycles. The van der Waals surface area contributed by atoms with E-state index in [1.54, 1.807) is 11.3 Å². The third-order valence-corrected chi connectivity index (χ3v) is 3.68. The standard InChI is InChI=1S/C10H13NO2S/c1-5(2)9-11-8(4-14-9)6-3-7(6)10(12)13/h4-7H,3H2,1-2H3,(H,12,13). The molecule has 0 bridgehead atoms. The average Bonchev–Trinajstić information content (AvgIpc) is 2.76. The van der Waals surface area contributed by atoms with Gasteiger partial charge in [-0.05, 0) is 6.42 Å². The minimum absolute atomic E-state index is 0.177. The highest BCUT2D eigenvalue weighted by Gasteiger charge is 2.45. The summed E-state index contributed by atoms with van der Waals surface area (Å²) in [5.41, 5.74) is 0.978. The summed E-state index contributed by atoms with van der Waals surface area (Å²) < 4.78 is 0. The normalized spacial score (nSPS) is 25.4. The Balaban J connectivity index is 2.09. The van der Waals surface area contributed by atoms with E-state index in [4.69, 9.17) is 5.11 Å². The maximum atomic E-state index is 10.7.